The third-order valence-electron chi connectivity index (χ3n) is 9.65. The van der Waals surface area contributed by atoms with Gasteiger partial charge in [-0.25, -0.2) is 15.0 Å². The van der Waals surface area contributed by atoms with Gasteiger partial charge in [-0.05, 0) is 66.7 Å². The lowest BCUT2D eigenvalue weighted by Gasteiger charge is -2.45. The number of anilines is 1. The van der Waals surface area contributed by atoms with Gasteiger partial charge in [0.1, 0.15) is 29.7 Å². The van der Waals surface area contributed by atoms with E-state index in [2.05, 4.69) is 72.7 Å². The highest BCUT2D eigenvalue weighted by Crippen LogP contribution is 2.41. The van der Waals surface area contributed by atoms with Gasteiger partial charge in [0, 0.05) is 37.7 Å². The van der Waals surface area contributed by atoms with Crippen LogP contribution in [0.1, 0.15) is 77.7 Å². The molecule has 2 saturated carbocycles. The second-order valence-corrected chi connectivity index (χ2v) is 14.3. The molecular formula is C33H47N7O2. The molecule has 4 atom stereocenters. The zero-order valence-corrected chi connectivity index (χ0v) is 25.7. The number of hydrogen-bond donors (Lipinski definition) is 4. The van der Waals surface area contributed by atoms with Crippen LogP contribution in [0, 0.1) is 17.8 Å². The van der Waals surface area contributed by atoms with Crippen LogP contribution in [0.2, 0.25) is 0 Å². The largest absolute Gasteiger partial charge is 0.390 e. The number of imidazole rings is 1. The lowest BCUT2D eigenvalue weighted by atomic mass is 9.76. The van der Waals surface area contributed by atoms with E-state index in [0.29, 0.717) is 35.8 Å². The summed E-state index contributed by atoms with van der Waals surface area (Å²) in [5.41, 5.74) is 10.4. The molecule has 1 aromatic carbocycles. The number of fused-ring (bicyclic) bond motifs is 2. The molecular weight excluding hydrogens is 526 g/mol. The molecule has 2 aliphatic rings. The summed E-state index contributed by atoms with van der Waals surface area (Å²) in [6.45, 7) is 13.0. The van der Waals surface area contributed by atoms with Crippen LogP contribution in [0.15, 0.2) is 36.8 Å². The first kappa shape index (κ1) is 29.1. The quantitative estimate of drug-likeness (QED) is 0.226. The number of aliphatic hydroxyl groups excluding tert-OH is 2. The normalized spacial score (nSPS) is 26.6. The summed E-state index contributed by atoms with van der Waals surface area (Å²) in [5, 5.41) is 23.0. The summed E-state index contributed by atoms with van der Waals surface area (Å²) < 4.78 is 1.97. The Morgan fingerprint density at radius 1 is 1.10 bits per heavy atom. The van der Waals surface area contributed by atoms with E-state index >= 15 is 0 Å². The minimum atomic E-state index is -0.847. The number of nitrogens with one attached hydrogen (secondary N) is 1. The van der Waals surface area contributed by atoms with Gasteiger partial charge in [0.2, 0.25) is 0 Å². The second-order valence-electron chi connectivity index (χ2n) is 14.3. The van der Waals surface area contributed by atoms with Crippen molar-refractivity contribution in [3.05, 3.63) is 48.2 Å². The van der Waals surface area contributed by atoms with Gasteiger partial charge in [0.15, 0.2) is 0 Å². The molecule has 0 spiro atoms. The molecule has 9 nitrogen and oxygen atoms in total. The van der Waals surface area contributed by atoms with Gasteiger partial charge in [0.05, 0.1) is 28.6 Å². The minimum absolute atomic E-state index is 0.00651. The van der Waals surface area contributed by atoms with E-state index < -0.39 is 12.2 Å². The van der Waals surface area contributed by atoms with E-state index in [9.17, 15) is 10.2 Å². The Balaban J connectivity index is 1.07. The Morgan fingerprint density at radius 3 is 2.62 bits per heavy atom. The summed E-state index contributed by atoms with van der Waals surface area (Å²) in [4.78, 5) is 19.5. The Morgan fingerprint density at radius 2 is 1.88 bits per heavy atom. The first-order valence-corrected chi connectivity index (χ1v) is 15.6. The van der Waals surface area contributed by atoms with Gasteiger partial charge in [-0.15, -0.1) is 0 Å². The lowest BCUT2D eigenvalue weighted by Crippen LogP contribution is -2.49. The number of aliphatic hydroxyl groups is 2. The van der Waals surface area contributed by atoms with E-state index in [1.807, 2.05) is 16.8 Å². The fourth-order valence-corrected chi connectivity index (χ4v) is 7.18. The molecule has 3 aromatic heterocycles. The highest BCUT2D eigenvalue weighted by Gasteiger charge is 2.45. The molecule has 5 N–H and O–H groups in total. The standard InChI is InChI=1S/C33H47N7O2/c1-19(2)16-39(17-21-14-27(30(42)29(21)41)40-11-10-24-31(34)35-18-36-32(24)40)23-12-20(13-23)6-9-28-37-25-8-7-22(33(3,4)5)15-26(25)38-28/h7-8,10-11,15,18-21,23,27,29-30,41-42H,6,9,12-14,16-17H2,1-5H3,(H,37,38)(H2,34,35,36)/t20-,21-,23-,27?,29-,30?/m1/s1. The molecule has 0 bridgehead atoms. The van der Waals surface area contributed by atoms with E-state index in [1.54, 1.807) is 0 Å². The number of rotatable bonds is 9. The topological polar surface area (TPSA) is 129 Å². The minimum Gasteiger partial charge on any atom is -0.390 e. The fourth-order valence-electron chi connectivity index (χ4n) is 7.18. The van der Waals surface area contributed by atoms with Crippen LogP contribution in [0.25, 0.3) is 22.1 Å². The van der Waals surface area contributed by atoms with Crippen molar-refractivity contribution >= 4 is 27.9 Å². The van der Waals surface area contributed by atoms with Crippen LogP contribution in [-0.2, 0) is 11.8 Å². The Hall–Kier alpha value is -3.01. The van der Waals surface area contributed by atoms with E-state index in [-0.39, 0.29) is 17.4 Å². The van der Waals surface area contributed by atoms with Gasteiger partial charge in [0.25, 0.3) is 0 Å². The van der Waals surface area contributed by atoms with E-state index in [1.165, 1.54) is 24.7 Å². The SMILES string of the molecule is CC(C)CN(C[C@H]1CC(n2ccc3c(N)ncnc32)C(O)[C@@H]1O)[C@H]1C[C@H](CCc2nc3cc(C(C)(C)C)ccc3[nH]2)C1. The molecule has 2 unspecified atom stereocenters. The Kier molecular flexibility index (Phi) is 7.79. The highest BCUT2D eigenvalue weighted by atomic mass is 16.3. The zero-order valence-electron chi connectivity index (χ0n) is 25.7. The molecule has 4 aromatic rings. The van der Waals surface area contributed by atoms with Gasteiger partial charge >= 0.3 is 0 Å². The molecule has 0 aliphatic heterocycles. The van der Waals surface area contributed by atoms with Crippen molar-refractivity contribution < 1.29 is 10.2 Å². The van der Waals surface area contributed by atoms with Crippen molar-refractivity contribution in [3.63, 3.8) is 0 Å². The Labute approximate surface area is 248 Å². The molecule has 2 fully saturated rings. The smallest absolute Gasteiger partial charge is 0.145 e. The monoisotopic (exact) mass is 573 g/mol. The molecule has 3 heterocycles. The van der Waals surface area contributed by atoms with Crippen LogP contribution < -0.4 is 5.73 Å². The molecule has 0 amide bonds. The van der Waals surface area contributed by atoms with Crippen molar-refractivity contribution in [2.45, 2.75) is 96.4 Å². The maximum Gasteiger partial charge on any atom is 0.145 e. The first-order chi connectivity index (χ1) is 20.0. The van der Waals surface area contributed by atoms with E-state index in [0.717, 1.165) is 48.2 Å². The zero-order chi connectivity index (χ0) is 29.8. The van der Waals surface area contributed by atoms with Crippen molar-refractivity contribution in [1.29, 1.82) is 0 Å². The van der Waals surface area contributed by atoms with Crippen LogP contribution >= 0.6 is 0 Å². The predicted octanol–water partition coefficient (Wildman–Crippen LogP) is 4.84. The number of aromatic nitrogens is 5. The molecule has 2 aliphatic carbocycles. The molecule has 9 heteroatoms. The molecule has 0 radical (unpaired) electrons. The van der Waals surface area contributed by atoms with Crippen LogP contribution in [-0.4, -0.2) is 71.0 Å². The lowest BCUT2D eigenvalue weighted by molar-refractivity contribution is -0.0132. The maximum atomic E-state index is 11.1. The van der Waals surface area contributed by atoms with Crippen molar-refractivity contribution in [2.24, 2.45) is 17.8 Å². The number of hydrogen-bond acceptors (Lipinski definition) is 7. The highest BCUT2D eigenvalue weighted by molar-refractivity contribution is 5.86. The van der Waals surface area contributed by atoms with Crippen molar-refractivity contribution in [3.8, 4) is 0 Å². The van der Waals surface area contributed by atoms with Crippen LogP contribution in [0.4, 0.5) is 5.82 Å². The first-order valence-electron chi connectivity index (χ1n) is 15.6. The van der Waals surface area contributed by atoms with Crippen molar-refractivity contribution in [2.75, 3.05) is 18.8 Å². The average Bonchev–Trinajstić information content (AvgIpc) is 3.59. The van der Waals surface area contributed by atoms with Gasteiger partial charge in [-0.3, -0.25) is 4.90 Å². The number of aromatic amines is 1. The number of nitrogens with zero attached hydrogens (tertiary/aromatic N) is 5. The summed E-state index contributed by atoms with van der Waals surface area (Å²) in [5.74, 6) is 2.72. The number of aryl methyl sites for hydroxylation is 1. The summed E-state index contributed by atoms with van der Waals surface area (Å²) in [7, 11) is 0. The van der Waals surface area contributed by atoms with Crippen LogP contribution in [0.3, 0.4) is 0 Å². The maximum absolute atomic E-state index is 11.1. The predicted molar refractivity (Wildman–Crippen MR) is 167 cm³/mol. The van der Waals surface area contributed by atoms with Crippen LogP contribution in [0.5, 0.6) is 0 Å². The molecule has 0 saturated heterocycles. The van der Waals surface area contributed by atoms with E-state index in [4.69, 9.17) is 10.7 Å². The fraction of sp³-hybridized carbons (Fsp3) is 0.606. The Bertz CT molecular complexity index is 1530. The molecule has 226 valence electrons. The van der Waals surface area contributed by atoms with Gasteiger partial charge in [-0.2, -0.15) is 0 Å². The number of nitrogen functional groups attached to an aromatic ring is 1. The third kappa shape index (κ3) is 5.66. The summed E-state index contributed by atoms with van der Waals surface area (Å²) in [6.07, 6.45) is 6.90. The average molecular weight is 574 g/mol. The molecule has 42 heavy (non-hydrogen) atoms. The third-order valence-corrected chi connectivity index (χ3v) is 9.65. The number of H-pyrrole nitrogens is 1. The second kappa shape index (κ2) is 11.2. The summed E-state index contributed by atoms with van der Waals surface area (Å²) >= 11 is 0. The number of benzene rings is 1. The summed E-state index contributed by atoms with van der Waals surface area (Å²) in [6, 6.07) is 8.76. The van der Waals surface area contributed by atoms with Crippen molar-refractivity contribution in [1.82, 2.24) is 29.4 Å². The van der Waals surface area contributed by atoms with Gasteiger partial charge in [-0.1, -0.05) is 40.7 Å². The molecule has 6 rings (SSSR count). The number of nitrogens with two attached hydrogens (primary N) is 1. The van der Waals surface area contributed by atoms with Gasteiger partial charge < -0.3 is 25.5 Å².